The van der Waals surface area contributed by atoms with E-state index >= 15 is 0 Å². The summed E-state index contributed by atoms with van der Waals surface area (Å²) < 4.78 is 33.1. The van der Waals surface area contributed by atoms with Gasteiger partial charge in [0.05, 0.1) is 38.7 Å². The smallest absolute Gasteiger partial charge is 0.257 e. The van der Waals surface area contributed by atoms with Gasteiger partial charge in [-0.25, -0.2) is 4.99 Å². The van der Waals surface area contributed by atoms with Crippen LogP contribution < -0.4 is 14.2 Å². The molecule has 1 aliphatic rings. The molecule has 0 saturated carbocycles. The van der Waals surface area contributed by atoms with Crippen LogP contribution >= 0.6 is 11.2 Å². The van der Waals surface area contributed by atoms with E-state index in [4.69, 9.17) is 28.1 Å². The van der Waals surface area contributed by atoms with Gasteiger partial charge >= 0.3 is 0 Å². The highest BCUT2D eigenvalue weighted by Gasteiger charge is 2.30. The molecular formula is C50H67NO5S. The third kappa shape index (κ3) is 10.6. The summed E-state index contributed by atoms with van der Waals surface area (Å²) in [4.78, 5) is 6.53. The molecule has 0 amide bonds. The first kappa shape index (κ1) is 42.7. The molecule has 0 saturated heterocycles. The van der Waals surface area contributed by atoms with Gasteiger partial charge in [0.1, 0.15) is 5.75 Å². The van der Waals surface area contributed by atoms with Crippen LogP contribution in [-0.4, -0.2) is 38.3 Å². The predicted octanol–water partition coefficient (Wildman–Crippen LogP) is 15.2. The van der Waals surface area contributed by atoms with Crippen molar-refractivity contribution < 1.29 is 23.1 Å². The maximum absolute atomic E-state index is 6.74. The zero-order chi connectivity index (χ0) is 39.8. The van der Waals surface area contributed by atoms with E-state index in [1.54, 1.807) is 0 Å². The average molecular weight is 794 g/mol. The van der Waals surface area contributed by atoms with Crippen LogP contribution in [0, 0.1) is 0 Å². The summed E-state index contributed by atoms with van der Waals surface area (Å²) in [7, 11) is 0. The van der Waals surface area contributed by atoms with Gasteiger partial charge in [-0.1, -0.05) is 135 Å². The highest BCUT2D eigenvalue weighted by molar-refractivity contribution is 8.26. The van der Waals surface area contributed by atoms with E-state index in [-0.39, 0.29) is 0 Å². The number of thiol groups is 1. The number of ether oxygens (including phenoxy) is 4. The Morgan fingerprint density at radius 3 is 1.63 bits per heavy atom. The molecule has 0 aromatic heterocycles. The van der Waals surface area contributed by atoms with E-state index in [2.05, 4.69) is 101 Å². The molecular weight excluding hydrogens is 727 g/mol. The number of hydrogen-bond acceptors (Lipinski definition) is 6. The van der Waals surface area contributed by atoms with Crippen molar-refractivity contribution in [1.82, 2.24) is 0 Å². The minimum atomic E-state index is -1.19. The Morgan fingerprint density at radius 1 is 0.474 bits per heavy atom. The van der Waals surface area contributed by atoms with Gasteiger partial charge in [-0.15, -0.1) is 0 Å². The number of aliphatic imine (C=N–C) groups is 1. The van der Waals surface area contributed by atoms with Crippen molar-refractivity contribution in [1.29, 1.82) is 0 Å². The van der Waals surface area contributed by atoms with Crippen molar-refractivity contribution in [3.8, 4) is 28.4 Å². The molecule has 0 fully saturated rings. The molecule has 0 N–H and O–H groups in total. The van der Waals surface area contributed by atoms with Crippen molar-refractivity contribution in [2.24, 2.45) is 4.99 Å². The standard InChI is InChI=1S/C50H67NO5S/c1-6-11-19-28-52-38-33-40(37-24-17-16-18-25-37)47-39-26-27-46-49(51-50(55-31-22-14-9-4)57(46)56-32-23-15-10-5)48(39)43-36-45(54-30-21-13-8-3)44(53-29-20-12-7-2)35-41(43)42(47)34-38/h16-18,24-27,33-36,57H,6-15,19-23,28-32H2,1-5H3. The summed E-state index contributed by atoms with van der Waals surface area (Å²) in [5, 5.41) is 7.51. The Kier molecular flexibility index (Phi) is 16.7. The lowest BCUT2D eigenvalue weighted by Crippen LogP contribution is -2.07. The molecule has 1 atom stereocenters. The van der Waals surface area contributed by atoms with Gasteiger partial charge in [-0.05, 0) is 112 Å². The SMILES string of the molecule is CCCCCOC1=Nc2c(ccc3c4c(-c5ccccc5)cc(OCCCCC)cc4c4cc(OCCCCC)c(OCCCCC)cc4c23)[SH]1OCCCCC. The highest BCUT2D eigenvalue weighted by atomic mass is 32.2. The number of rotatable bonds is 25. The minimum absolute atomic E-state index is 0.646. The first-order valence-electron chi connectivity index (χ1n) is 22.3. The molecule has 1 aliphatic heterocycles. The van der Waals surface area contributed by atoms with Crippen LogP contribution in [0.25, 0.3) is 43.4 Å². The van der Waals surface area contributed by atoms with Gasteiger partial charge in [0.2, 0.25) is 0 Å². The van der Waals surface area contributed by atoms with Crippen LogP contribution in [0.4, 0.5) is 5.69 Å². The maximum atomic E-state index is 6.74. The van der Waals surface area contributed by atoms with Crippen molar-refractivity contribution in [3.05, 3.63) is 66.7 Å². The lowest BCUT2D eigenvalue weighted by atomic mass is 9.88. The maximum Gasteiger partial charge on any atom is 0.257 e. The quantitative estimate of drug-likeness (QED) is 0.0362. The monoisotopic (exact) mass is 793 g/mol. The molecule has 0 bridgehead atoms. The molecule has 1 unspecified atom stereocenters. The van der Waals surface area contributed by atoms with Gasteiger partial charge in [0, 0.05) is 10.3 Å². The van der Waals surface area contributed by atoms with E-state index in [9.17, 15) is 0 Å². The van der Waals surface area contributed by atoms with Gasteiger partial charge in [0.25, 0.3) is 5.23 Å². The van der Waals surface area contributed by atoms with Gasteiger partial charge < -0.3 is 23.1 Å². The Labute approximate surface area is 345 Å². The molecule has 0 spiro atoms. The lowest BCUT2D eigenvalue weighted by molar-refractivity contribution is 0.260. The molecule has 5 aromatic carbocycles. The Hall–Kier alpha value is -3.94. The van der Waals surface area contributed by atoms with E-state index in [1.165, 1.54) is 5.39 Å². The van der Waals surface area contributed by atoms with Crippen molar-refractivity contribution >= 4 is 54.4 Å². The van der Waals surface area contributed by atoms with Crippen LogP contribution in [0.1, 0.15) is 131 Å². The largest absolute Gasteiger partial charge is 0.494 e. The molecule has 6 rings (SSSR count). The van der Waals surface area contributed by atoms with E-state index in [1.807, 2.05) is 0 Å². The lowest BCUT2D eigenvalue weighted by Gasteiger charge is -2.22. The number of fused-ring (bicyclic) bond motifs is 8. The van der Waals surface area contributed by atoms with Gasteiger partial charge in [0.15, 0.2) is 11.5 Å². The van der Waals surface area contributed by atoms with Crippen LogP contribution in [0.2, 0.25) is 0 Å². The fourth-order valence-corrected chi connectivity index (χ4v) is 9.42. The number of hydrogen-bond donors (Lipinski definition) is 1. The Morgan fingerprint density at radius 2 is 1.02 bits per heavy atom. The second-order valence-corrected chi connectivity index (χ2v) is 17.1. The molecule has 5 aromatic rings. The minimum Gasteiger partial charge on any atom is -0.494 e. The van der Waals surface area contributed by atoms with Crippen molar-refractivity contribution in [2.75, 3.05) is 33.0 Å². The van der Waals surface area contributed by atoms with Crippen LogP contribution in [0.5, 0.6) is 17.2 Å². The average Bonchev–Trinajstić information content (AvgIpc) is 3.59. The topological polar surface area (TPSA) is 58.5 Å². The summed E-state index contributed by atoms with van der Waals surface area (Å²) in [5.41, 5.74) is 3.25. The number of benzene rings is 5. The van der Waals surface area contributed by atoms with Crippen LogP contribution in [-0.2, 0) is 8.92 Å². The van der Waals surface area contributed by atoms with E-state index in [0.717, 1.165) is 167 Å². The zero-order valence-electron chi connectivity index (χ0n) is 35.4. The van der Waals surface area contributed by atoms with Gasteiger partial charge in [-0.3, -0.25) is 0 Å². The van der Waals surface area contributed by atoms with Crippen LogP contribution in [0.3, 0.4) is 0 Å². The second kappa shape index (κ2) is 22.3. The Bertz CT molecular complexity index is 2060. The predicted molar refractivity (Wildman–Crippen MR) is 245 cm³/mol. The molecule has 1 heterocycles. The third-order valence-corrected chi connectivity index (χ3v) is 12.7. The molecule has 57 heavy (non-hydrogen) atoms. The first-order valence-corrected chi connectivity index (χ1v) is 23.5. The first-order chi connectivity index (χ1) is 28.1. The molecule has 7 heteroatoms. The molecule has 6 nitrogen and oxygen atoms in total. The number of unbranched alkanes of at least 4 members (excludes halogenated alkanes) is 10. The molecule has 0 aliphatic carbocycles. The summed E-state index contributed by atoms with van der Waals surface area (Å²) in [6, 6.07) is 24.3. The third-order valence-electron chi connectivity index (χ3n) is 10.8. The van der Waals surface area contributed by atoms with Crippen LogP contribution in [0.15, 0.2) is 76.6 Å². The van der Waals surface area contributed by atoms with Crippen molar-refractivity contribution in [2.45, 2.75) is 136 Å². The summed E-state index contributed by atoms with van der Waals surface area (Å²) in [5.74, 6) is 2.47. The van der Waals surface area contributed by atoms with Crippen molar-refractivity contribution in [3.63, 3.8) is 0 Å². The van der Waals surface area contributed by atoms with E-state index in [0.29, 0.717) is 33.0 Å². The highest BCUT2D eigenvalue weighted by Crippen LogP contribution is 2.57. The normalized spacial score (nSPS) is 14.3. The van der Waals surface area contributed by atoms with Gasteiger partial charge in [-0.2, -0.15) is 0 Å². The number of nitrogens with zero attached hydrogens (tertiary/aromatic N) is 1. The fourth-order valence-electron chi connectivity index (χ4n) is 7.69. The Balaban J connectivity index is 1.64. The fraction of sp³-hybridized carbons (Fsp3) is 0.500. The zero-order valence-corrected chi connectivity index (χ0v) is 36.3. The molecule has 308 valence electrons. The molecule has 0 radical (unpaired) electrons. The summed E-state index contributed by atoms with van der Waals surface area (Å²) in [6.45, 7) is 14.5. The summed E-state index contributed by atoms with van der Waals surface area (Å²) in [6.07, 6.45) is 16.5. The second-order valence-electron chi connectivity index (χ2n) is 15.4. The summed E-state index contributed by atoms with van der Waals surface area (Å²) >= 11 is -1.19. The van der Waals surface area contributed by atoms with E-state index < -0.39 is 11.2 Å².